The molecule has 3 heterocycles. The van der Waals surface area contributed by atoms with Crippen LogP contribution >= 0.6 is 0 Å². The van der Waals surface area contributed by atoms with Gasteiger partial charge >= 0.3 is 0 Å². The van der Waals surface area contributed by atoms with Gasteiger partial charge in [0.2, 0.25) is 11.5 Å². The number of nitrogen functional groups attached to an aromatic ring is 1. The van der Waals surface area contributed by atoms with Crippen LogP contribution in [0.25, 0.3) is 0 Å². The van der Waals surface area contributed by atoms with Crippen LogP contribution in [0.1, 0.15) is 21.9 Å². The molecule has 0 atom stereocenters. The fraction of sp³-hybridized carbons (Fsp3) is 0.0714. The van der Waals surface area contributed by atoms with Gasteiger partial charge < -0.3 is 16.4 Å². The number of amides is 1. The Labute approximate surface area is 140 Å². The molecule has 0 spiro atoms. The van der Waals surface area contributed by atoms with Gasteiger partial charge in [-0.15, -0.1) is 5.10 Å². The summed E-state index contributed by atoms with van der Waals surface area (Å²) in [7, 11) is 0. The summed E-state index contributed by atoms with van der Waals surface area (Å²) in [6.07, 6.45) is 1.56. The van der Waals surface area contributed by atoms with E-state index in [-0.39, 0.29) is 17.2 Å². The number of anilines is 3. The molecule has 0 aromatic carbocycles. The van der Waals surface area contributed by atoms with E-state index in [0.717, 1.165) is 0 Å². The van der Waals surface area contributed by atoms with Crippen LogP contribution < -0.4 is 16.4 Å². The van der Waals surface area contributed by atoms with E-state index in [2.05, 4.69) is 40.8 Å². The molecule has 1 amide bonds. The molecule has 0 unspecified atom stereocenters. The van der Waals surface area contributed by atoms with Crippen molar-refractivity contribution in [3.05, 3.63) is 47.5 Å². The Kier molecular flexibility index (Phi) is 4.43. The van der Waals surface area contributed by atoms with E-state index >= 15 is 0 Å². The number of nitrogens with two attached hydrogens (primary N) is 1. The maximum atomic E-state index is 12.1. The molecule has 25 heavy (non-hydrogen) atoms. The van der Waals surface area contributed by atoms with Gasteiger partial charge in [-0.3, -0.25) is 4.79 Å². The minimum absolute atomic E-state index is 0.108. The third-order valence-corrected chi connectivity index (χ3v) is 3.06. The number of hydrogen-bond acceptors (Lipinski definition) is 10. The molecule has 0 saturated carbocycles. The van der Waals surface area contributed by atoms with Gasteiger partial charge in [-0.2, -0.15) is 10.4 Å². The van der Waals surface area contributed by atoms with Gasteiger partial charge in [0, 0.05) is 6.20 Å². The zero-order chi connectivity index (χ0) is 17.6. The first-order valence-electron chi connectivity index (χ1n) is 6.98. The average molecular weight is 337 g/mol. The molecular formula is C14H11N9O2. The lowest BCUT2D eigenvalue weighted by Crippen LogP contribution is -2.16. The van der Waals surface area contributed by atoms with Crippen molar-refractivity contribution in [2.75, 3.05) is 16.4 Å². The minimum atomic E-state index is -0.576. The summed E-state index contributed by atoms with van der Waals surface area (Å²) in [5.41, 5.74) is 6.62. The van der Waals surface area contributed by atoms with Crippen LogP contribution in [-0.2, 0) is 6.54 Å². The van der Waals surface area contributed by atoms with Crippen molar-refractivity contribution in [2.45, 2.75) is 6.54 Å². The Morgan fingerprint density at radius 3 is 2.84 bits per heavy atom. The number of nitriles is 1. The van der Waals surface area contributed by atoms with Crippen LogP contribution in [0.4, 0.5) is 17.3 Å². The predicted octanol–water partition coefficient (Wildman–Crippen LogP) is 0.573. The summed E-state index contributed by atoms with van der Waals surface area (Å²) in [4.78, 5) is 16.3. The van der Waals surface area contributed by atoms with E-state index in [1.54, 1.807) is 30.5 Å². The van der Waals surface area contributed by atoms with Gasteiger partial charge in [0.15, 0.2) is 5.69 Å². The molecule has 124 valence electrons. The van der Waals surface area contributed by atoms with Gasteiger partial charge in [-0.25, -0.2) is 9.61 Å². The summed E-state index contributed by atoms with van der Waals surface area (Å²) in [6, 6.07) is 8.44. The SMILES string of the molecule is N#Cc1ccc(CNc2ncccc2NC(=O)c2nonc2N)nn1. The second-order valence-electron chi connectivity index (χ2n) is 4.73. The molecule has 0 aliphatic carbocycles. The Morgan fingerprint density at radius 1 is 1.28 bits per heavy atom. The normalized spacial score (nSPS) is 10.0. The molecule has 11 heteroatoms. The lowest BCUT2D eigenvalue weighted by molar-refractivity contribution is 0.101. The van der Waals surface area contributed by atoms with Crippen molar-refractivity contribution in [3.8, 4) is 6.07 Å². The van der Waals surface area contributed by atoms with E-state index in [4.69, 9.17) is 11.0 Å². The molecular weight excluding hydrogens is 326 g/mol. The molecule has 3 rings (SSSR count). The molecule has 4 N–H and O–H groups in total. The monoisotopic (exact) mass is 337 g/mol. The number of hydrogen-bond donors (Lipinski definition) is 3. The summed E-state index contributed by atoms with van der Waals surface area (Å²) in [5.74, 6) is -0.270. The van der Waals surface area contributed by atoms with Crippen LogP contribution in [0.2, 0.25) is 0 Å². The number of nitrogens with zero attached hydrogens (tertiary/aromatic N) is 6. The number of aromatic nitrogens is 5. The predicted molar refractivity (Wildman–Crippen MR) is 85.0 cm³/mol. The minimum Gasteiger partial charge on any atom is -0.379 e. The second-order valence-corrected chi connectivity index (χ2v) is 4.73. The number of pyridine rings is 1. The van der Waals surface area contributed by atoms with E-state index in [1.807, 2.05) is 6.07 Å². The maximum Gasteiger partial charge on any atom is 0.281 e. The Morgan fingerprint density at radius 2 is 2.16 bits per heavy atom. The third kappa shape index (κ3) is 3.64. The van der Waals surface area contributed by atoms with Gasteiger partial charge in [0.05, 0.1) is 17.9 Å². The molecule has 0 bridgehead atoms. The summed E-state index contributed by atoms with van der Waals surface area (Å²) < 4.78 is 4.40. The van der Waals surface area contributed by atoms with Crippen molar-refractivity contribution in [1.82, 2.24) is 25.5 Å². The number of carbonyl (C=O) groups excluding carboxylic acids is 1. The molecule has 3 aromatic heterocycles. The molecule has 0 fully saturated rings. The first-order chi connectivity index (χ1) is 12.2. The molecule has 0 aliphatic heterocycles. The maximum absolute atomic E-state index is 12.1. The van der Waals surface area contributed by atoms with Gasteiger partial charge in [0.1, 0.15) is 11.9 Å². The van der Waals surface area contributed by atoms with E-state index < -0.39 is 5.91 Å². The molecule has 3 aromatic rings. The second kappa shape index (κ2) is 7.01. The van der Waals surface area contributed by atoms with Crippen LogP contribution in [0.3, 0.4) is 0 Å². The van der Waals surface area contributed by atoms with Crippen LogP contribution in [0.15, 0.2) is 35.1 Å². The van der Waals surface area contributed by atoms with Crippen LogP contribution in [0, 0.1) is 11.3 Å². The molecule has 0 saturated heterocycles. The van der Waals surface area contributed by atoms with Crippen LogP contribution in [0.5, 0.6) is 0 Å². The number of nitrogens with one attached hydrogen (secondary N) is 2. The lowest BCUT2D eigenvalue weighted by Gasteiger charge is -2.10. The zero-order valence-corrected chi connectivity index (χ0v) is 12.7. The standard InChI is InChI=1S/C14H11N9O2/c15-6-8-3-4-9(21-20-8)7-18-13-10(2-1-5-17-13)19-14(24)11-12(16)23-25-22-11/h1-5H,7H2,(H2,16,23)(H,17,18)(H,19,24). The van der Waals surface area contributed by atoms with Gasteiger partial charge in [0.25, 0.3) is 5.91 Å². The lowest BCUT2D eigenvalue weighted by atomic mass is 10.3. The Hall–Kier alpha value is -4.07. The molecule has 11 nitrogen and oxygen atoms in total. The molecule has 0 aliphatic rings. The first kappa shape index (κ1) is 15.8. The highest BCUT2D eigenvalue weighted by molar-refractivity contribution is 6.06. The highest BCUT2D eigenvalue weighted by atomic mass is 16.6. The van der Waals surface area contributed by atoms with Gasteiger partial charge in [-0.05, 0) is 34.6 Å². The fourth-order valence-electron chi connectivity index (χ4n) is 1.87. The molecule has 0 radical (unpaired) electrons. The summed E-state index contributed by atoms with van der Waals surface area (Å²) in [6.45, 7) is 0.298. The Bertz CT molecular complexity index is 930. The van der Waals surface area contributed by atoms with Crippen molar-refractivity contribution in [2.24, 2.45) is 0 Å². The number of carbonyl (C=O) groups is 1. The Balaban J connectivity index is 1.71. The first-order valence-corrected chi connectivity index (χ1v) is 6.98. The average Bonchev–Trinajstić information content (AvgIpc) is 3.07. The summed E-state index contributed by atoms with van der Waals surface area (Å²) in [5, 5.41) is 28.8. The van der Waals surface area contributed by atoms with E-state index in [1.165, 1.54) is 0 Å². The van der Waals surface area contributed by atoms with Crippen molar-refractivity contribution in [1.29, 1.82) is 5.26 Å². The van der Waals surface area contributed by atoms with Crippen molar-refractivity contribution >= 4 is 23.2 Å². The van der Waals surface area contributed by atoms with Gasteiger partial charge in [-0.1, -0.05) is 0 Å². The zero-order valence-electron chi connectivity index (χ0n) is 12.7. The quantitative estimate of drug-likeness (QED) is 0.598. The topological polar surface area (TPSA) is 169 Å². The van der Waals surface area contributed by atoms with Crippen molar-refractivity contribution < 1.29 is 9.42 Å². The van der Waals surface area contributed by atoms with Crippen LogP contribution in [-0.4, -0.2) is 31.4 Å². The fourth-order valence-corrected chi connectivity index (χ4v) is 1.87. The van der Waals surface area contributed by atoms with Crippen molar-refractivity contribution in [3.63, 3.8) is 0 Å². The summed E-state index contributed by atoms with van der Waals surface area (Å²) >= 11 is 0. The van der Waals surface area contributed by atoms with E-state index in [0.29, 0.717) is 23.7 Å². The highest BCUT2D eigenvalue weighted by Crippen LogP contribution is 2.20. The van der Waals surface area contributed by atoms with E-state index in [9.17, 15) is 4.79 Å². The largest absolute Gasteiger partial charge is 0.379 e. The smallest absolute Gasteiger partial charge is 0.281 e. The highest BCUT2D eigenvalue weighted by Gasteiger charge is 2.17. The third-order valence-electron chi connectivity index (χ3n) is 3.06. The number of rotatable bonds is 5.